The van der Waals surface area contributed by atoms with Gasteiger partial charge in [0.2, 0.25) is 0 Å². The standard InChI is InChI=1S/C10H10ClFN2O2S3/c11-7-3-6(1-2-8(7)12)19(15,16)13-14-9-4-17-10(14)5-18-9/h1-3,9-10,13H,4-5H2/t9-,10-/m1/s1. The van der Waals surface area contributed by atoms with Crippen LogP contribution in [0.2, 0.25) is 5.02 Å². The molecule has 1 N–H and O–H groups in total. The van der Waals surface area contributed by atoms with Gasteiger partial charge in [-0.25, -0.2) is 17.8 Å². The zero-order chi connectivity index (χ0) is 13.6. The van der Waals surface area contributed by atoms with Gasteiger partial charge in [0.05, 0.1) is 20.7 Å². The van der Waals surface area contributed by atoms with Crippen molar-refractivity contribution < 1.29 is 12.8 Å². The van der Waals surface area contributed by atoms with E-state index < -0.39 is 15.8 Å². The van der Waals surface area contributed by atoms with Crippen LogP contribution in [0.5, 0.6) is 0 Å². The van der Waals surface area contributed by atoms with E-state index in [-0.39, 0.29) is 20.7 Å². The Balaban J connectivity index is 1.84. The minimum absolute atomic E-state index is 0.0276. The number of benzene rings is 1. The Kier molecular flexibility index (Phi) is 3.74. The average Bonchev–Trinajstić information content (AvgIpc) is 2.92. The molecule has 2 atom stereocenters. The molecule has 4 nitrogen and oxygen atoms in total. The second-order valence-electron chi connectivity index (χ2n) is 4.15. The number of nitrogens with one attached hydrogen (secondary N) is 1. The summed E-state index contributed by atoms with van der Waals surface area (Å²) < 4.78 is 37.5. The third-order valence-corrected chi connectivity index (χ3v) is 7.52. The Hall–Kier alpha value is 0.01000. The Bertz CT molecular complexity index is 593. The Labute approximate surface area is 124 Å². The van der Waals surface area contributed by atoms with Crippen molar-refractivity contribution in [1.29, 1.82) is 0 Å². The van der Waals surface area contributed by atoms with Gasteiger partial charge >= 0.3 is 0 Å². The van der Waals surface area contributed by atoms with E-state index in [4.69, 9.17) is 11.6 Å². The fourth-order valence-electron chi connectivity index (χ4n) is 1.94. The number of hydrogen-bond acceptors (Lipinski definition) is 5. The Morgan fingerprint density at radius 3 is 2.47 bits per heavy atom. The molecule has 0 spiro atoms. The molecule has 1 aromatic carbocycles. The first-order valence-corrected chi connectivity index (χ1v) is 9.42. The number of hydrogen-bond donors (Lipinski definition) is 1. The van der Waals surface area contributed by atoms with Crippen LogP contribution in [0.15, 0.2) is 23.1 Å². The topological polar surface area (TPSA) is 49.4 Å². The van der Waals surface area contributed by atoms with E-state index in [1.54, 1.807) is 28.5 Å². The van der Waals surface area contributed by atoms with Gasteiger partial charge in [-0.15, -0.1) is 28.4 Å². The third kappa shape index (κ3) is 2.62. The van der Waals surface area contributed by atoms with Crippen LogP contribution in [0, 0.1) is 5.82 Å². The number of halogens is 2. The van der Waals surface area contributed by atoms with Gasteiger partial charge in [-0.1, -0.05) is 11.6 Å². The molecule has 9 heteroatoms. The van der Waals surface area contributed by atoms with Gasteiger partial charge in [-0.3, -0.25) is 0 Å². The van der Waals surface area contributed by atoms with E-state index in [0.29, 0.717) is 0 Å². The molecule has 2 fully saturated rings. The van der Waals surface area contributed by atoms with E-state index in [1.807, 2.05) is 0 Å². The molecule has 0 aliphatic carbocycles. The van der Waals surface area contributed by atoms with Gasteiger partial charge in [0, 0.05) is 11.5 Å². The number of hydrazine groups is 1. The van der Waals surface area contributed by atoms with Gasteiger partial charge in [0.1, 0.15) is 5.82 Å². The molecule has 0 unspecified atom stereocenters. The van der Waals surface area contributed by atoms with Gasteiger partial charge in [0.15, 0.2) is 0 Å². The lowest BCUT2D eigenvalue weighted by molar-refractivity contribution is 0.261. The molecule has 1 aromatic rings. The van der Waals surface area contributed by atoms with Gasteiger partial charge in [-0.2, -0.15) is 0 Å². The van der Waals surface area contributed by atoms with Crippen molar-refractivity contribution >= 4 is 45.1 Å². The highest BCUT2D eigenvalue weighted by Gasteiger charge is 2.43. The van der Waals surface area contributed by atoms with E-state index in [1.165, 1.54) is 6.07 Å². The van der Waals surface area contributed by atoms with Crippen molar-refractivity contribution in [3.63, 3.8) is 0 Å². The molecular weight excluding hydrogens is 331 g/mol. The van der Waals surface area contributed by atoms with Crippen molar-refractivity contribution in [1.82, 2.24) is 9.84 Å². The van der Waals surface area contributed by atoms with Gasteiger partial charge in [-0.05, 0) is 18.2 Å². The van der Waals surface area contributed by atoms with E-state index >= 15 is 0 Å². The second-order valence-corrected chi connectivity index (χ2v) is 8.64. The molecule has 2 bridgehead atoms. The predicted molar refractivity (Wildman–Crippen MR) is 76.1 cm³/mol. The van der Waals surface area contributed by atoms with E-state index in [0.717, 1.165) is 23.6 Å². The lowest BCUT2D eigenvalue weighted by Gasteiger charge is -2.20. The minimum Gasteiger partial charge on any atom is -0.206 e. The van der Waals surface area contributed by atoms with Gasteiger partial charge in [0.25, 0.3) is 10.0 Å². The molecule has 0 amide bonds. The first kappa shape index (κ1) is 14.0. The summed E-state index contributed by atoms with van der Waals surface area (Å²) in [7, 11) is -3.71. The number of nitrogens with zero attached hydrogens (tertiary/aromatic N) is 1. The Morgan fingerprint density at radius 2 is 1.95 bits per heavy atom. The lowest BCUT2D eigenvalue weighted by Crippen LogP contribution is -2.45. The molecule has 2 aliphatic rings. The Morgan fingerprint density at radius 1 is 1.32 bits per heavy atom. The summed E-state index contributed by atoms with van der Waals surface area (Å²) in [6, 6.07) is 3.39. The summed E-state index contributed by atoms with van der Waals surface area (Å²) in [6.07, 6.45) is 0. The minimum atomic E-state index is -3.71. The summed E-state index contributed by atoms with van der Waals surface area (Å²) >= 11 is 9.08. The molecule has 3 rings (SSSR count). The summed E-state index contributed by atoms with van der Waals surface area (Å²) in [6.45, 7) is 0. The molecule has 0 saturated carbocycles. The molecule has 19 heavy (non-hydrogen) atoms. The largest absolute Gasteiger partial charge is 0.253 e. The first-order chi connectivity index (χ1) is 8.97. The molecular formula is C10H10ClFN2O2S3. The van der Waals surface area contributed by atoms with Crippen molar-refractivity contribution in [3.05, 3.63) is 29.0 Å². The van der Waals surface area contributed by atoms with Crippen LogP contribution in [0.1, 0.15) is 0 Å². The highest BCUT2D eigenvalue weighted by molar-refractivity contribution is 8.07. The molecule has 0 radical (unpaired) electrons. The number of sulfonamides is 1. The van der Waals surface area contributed by atoms with Crippen LogP contribution in [-0.2, 0) is 10.0 Å². The van der Waals surface area contributed by atoms with Gasteiger partial charge < -0.3 is 0 Å². The summed E-state index contributed by atoms with van der Waals surface area (Å²) in [5.41, 5.74) is 0. The highest BCUT2D eigenvalue weighted by Crippen LogP contribution is 2.42. The summed E-state index contributed by atoms with van der Waals surface area (Å²) in [5.74, 6) is 1.18. The van der Waals surface area contributed by atoms with Crippen LogP contribution >= 0.6 is 35.1 Å². The number of thioether (sulfide) groups is 2. The maximum atomic E-state index is 13.1. The second kappa shape index (κ2) is 5.09. The van der Waals surface area contributed by atoms with Crippen molar-refractivity contribution in [3.8, 4) is 0 Å². The zero-order valence-corrected chi connectivity index (χ0v) is 12.8. The molecule has 2 heterocycles. The lowest BCUT2D eigenvalue weighted by atomic mass is 10.3. The zero-order valence-electron chi connectivity index (χ0n) is 9.55. The maximum Gasteiger partial charge on any atom is 0.253 e. The average molecular weight is 341 g/mol. The normalized spacial score (nSPS) is 27.1. The molecule has 104 valence electrons. The molecule has 0 aromatic heterocycles. The quantitative estimate of drug-likeness (QED) is 0.913. The van der Waals surface area contributed by atoms with Crippen LogP contribution in [0.4, 0.5) is 4.39 Å². The van der Waals surface area contributed by atoms with Crippen LogP contribution in [0.3, 0.4) is 0 Å². The fraction of sp³-hybridized carbons (Fsp3) is 0.400. The summed E-state index contributed by atoms with van der Waals surface area (Å²) in [5, 5.41) is 1.89. The van der Waals surface area contributed by atoms with Crippen molar-refractivity contribution in [2.45, 2.75) is 15.6 Å². The van der Waals surface area contributed by atoms with Crippen LogP contribution in [-0.4, -0.2) is 35.7 Å². The fourth-order valence-corrected chi connectivity index (χ4v) is 6.61. The van der Waals surface area contributed by atoms with E-state index in [9.17, 15) is 12.8 Å². The molecule has 2 saturated heterocycles. The van der Waals surface area contributed by atoms with Crippen LogP contribution in [0.25, 0.3) is 0 Å². The number of rotatable bonds is 3. The van der Waals surface area contributed by atoms with Crippen LogP contribution < -0.4 is 4.83 Å². The smallest absolute Gasteiger partial charge is 0.206 e. The highest BCUT2D eigenvalue weighted by atomic mass is 35.5. The maximum absolute atomic E-state index is 13.1. The first-order valence-electron chi connectivity index (χ1n) is 5.46. The third-order valence-electron chi connectivity index (χ3n) is 2.91. The molecule has 2 aliphatic heterocycles. The monoisotopic (exact) mass is 340 g/mol. The van der Waals surface area contributed by atoms with Crippen molar-refractivity contribution in [2.24, 2.45) is 0 Å². The van der Waals surface area contributed by atoms with E-state index in [2.05, 4.69) is 4.83 Å². The summed E-state index contributed by atoms with van der Waals surface area (Å²) in [4.78, 5) is 2.54. The van der Waals surface area contributed by atoms with Crippen molar-refractivity contribution in [2.75, 3.05) is 11.5 Å². The number of fused-ring (bicyclic) bond motifs is 2. The predicted octanol–water partition coefficient (Wildman–Crippen LogP) is 2.12. The SMILES string of the molecule is O=S(=O)(NN1[C@H]2CS[C@@H]1CS2)c1ccc(F)c(Cl)c1.